The topological polar surface area (TPSA) is 70.1 Å². The molecule has 1 aromatic rings. The Labute approximate surface area is 126 Å². The molecule has 0 spiro atoms. The third-order valence-corrected chi connectivity index (χ3v) is 4.42. The van der Waals surface area contributed by atoms with Crippen LogP contribution in [-0.2, 0) is 11.3 Å². The average molecular weight is 285 g/mol. The van der Waals surface area contributed by atoms with Crippen LogP contribution in [0.4, 0.5) is 0 Å². The van der Waals surface area contributed by atoms with E-state index in [0.29, 0.717) is 13.1 Å². The largest absolute Gasteiger partial charge is 0.329 e. The van der Waals surface area contributed by atoms with E-state index >= 15 is 0 Å². The third-order valence-electron chi connectivity index (χ3n) is 4.42. The molecule has 112 valence electrons. The van der Waals surface area contributed by atoms with Crippen molar-refractivity contribution in [3.63, 3.8) is 0 Å². The van der Waals surface area contributed by atoms with Gasteiger partial charge in [-0.25, -0.2) is 0 Å². The summed E-state index contributed by atoms with van der Waals surface area (Å²) in [4.78, 5) is 14.6. The minimum absolute atomic E-state index is 0.0510. The van der Waals surface area contributed by atoms with Crippen molar-refractivity contribution in [3.05, 3.63) is 35.9 Å². The fourth-order valence-electron chi connectivity index (χ4n) is 3.16. The zero-order valence-corrected chi connectivity index (χ0v) is 12.4. The fraction of sp³-hybridized carbons (Fsp3) is 0.529. The van der Waals surface area contributed by atoms with Crippen molar-refractivity contribution in [1.82, 2.24) is 4.90 Å². The van der Waals surface area contributed by atoms with Crippen LogP contribution in [0.3, 0.4) is 0 Å². The molecule has 0 aromatic heterocycles. The van der Waals surface area contributed by atoms with Crippen LogP contribution in [0.1, 0.15) is 37.7 Å². The maximum absolute atomic E-state index is 12.9. The van der Waals surface area contributed by atoms with Crippen molar-refractivity contribution >= 4 is 5.91 Å². The van der Waals surface area contributed by atoms with Crippen molar-refractivity contribution in [2.24, 2.45) is 11.1 Å². The molecule has 0 aliphatic heterocycles. The Bertz CT molecular complexity index is 501. The predicted molar refractivity (Wildman–Crippen MR) is 82.0 cm³/mol. The molecule has 4 nitrogen and oxygen atoms in total. The van der Waals surface area contributed by atoms with E-state index in [1.54, 1.807) is 4.90 Å². The van der Waals surface area contributed by atoms with E-state index in [-0.39, 0.29) is 12.5 Å². The van der Waals surface area contributed by atoms with Gasteiger partial charge in [-0.2, -0.15) is 5.26 Å². The van der Waals surface area contributed by atoms with Crippen molar-refractivity contribution in [2.75, 3.05) is 13.1 Å². The molecular weight excluding hydrogens is 262 g/mol. The Kier molecular flexibility index (Phi) is 5.35. The number of hydrogen-bond donors (Lipinski definition) is 1. The van der Waals surface area contributed by atoms with Crippen LogP contribution in [0, 0.1) is 16.7 Å². The van der Waals surface area contributed by atoms with Gasteiger partial charge in [0.25, 0.3) is 0 Å². The molecule has 2 N–H and O–H groups in total. The minimum atomic E-state index is -0.454. The second-order valence-corrected chi connectivity index (χ2v) is 5.85. The molecule has 0 unspecified atom stereocenters. The van der Waals surface area contributed by atoms with Crippen LogP contribution in [0.15, 0.2) is 30.3 Å². The van der Waals surface area contributed by atoms with E-state index in [4.69, 9.17) is 11.0 Å². The monoisotopic (exact) mass is 285 g/mol. The molecule has 21 heavy (non-hydrogen) atoms. The quantitative estimate of drug-likeness (QED) is 0.845. The van der Waals surface area contributed by atoms with E-state index in [9.17, 15) is 4.79 Å². The van der Waals surface area contributed by atoms with Crippen molar-refractivity contribution < 1.29 is 4.79 Å². The Morgan fingerprint density at radius 2 is 1.90 bits per heavy atom. The van der Waals surface area contributed by atoms with Gasteiger partial charge in [-0.3, -0.25) is 4.79 Å². The van der Waals surface area contributed by atoms with Gasteiger partial charge in [-0.1, -0.05) is 49.6 Å². The van der Waals surface area contributed by atoms with Gasteiger partial charge in [0, 0.05) is 13.1 Å². The average Bonchev–Trinajstić information content (AvgIpc) is 2.55. The van der Waals surface area contributed by atoms with E-state index in [0.717, 1.165) is 31.2 Å². The van der Waals surface area contributed by atoms with Gasteiger partial charge in [0.05, 0.1) is 11.5 Å². The summed E-state index contributed by atoms with van der Waals surface area (Å²) >= 11 is 0. The second kappa shape index (κ2) is 7.24. The van der Waals surface area contributed by atoms with Crippen molar-refractivity contribution in [3.8, 4) is 6.07 Å². The van der Waals surface area contributed by atoms with Crippen LogP contribution in [0.5, 0.6) is 0 Å². The van der Waals surface area contributed by atoms with Gasteiger partial charge in [0.1, 0.15) is 6.54 Å². The van der Waals surface area contributed by atoms with Gasteiger partial charge in [-0.05, 0) is 18.4 Å². The Morgan fingerprint density at radius 3 is 2.48 bits per heavy atom. The van der Waals surface area contributed by atoms with Crippen LogP contribution in [-0.4, -0.2) is 23.9 Å². The lowest BCUT2D eigenvalue weighted by atomic mass is 9.73. The molecule has 1 aromatic carbocycles. The van der Waals surface area contributed by atoms with Crippen LogP contribution < -0.4 is 5.73 Å². The lowest BCUT2D eigenvalue weighted by Gasteiger charge is -2.38. The Morgan fingerprint density at radius 1 is 1.24 bits per heavy atom. The van der Waals surface area contributed by atoms with Crippen LogP contribution in [0.2, 0.25) is 0 Å². The van der Waals surface area contributed by atoms with E-state index in [2.05, 4.69) is 6.07 Å². The highest BCUT2D eigenvalue weighted by atomic mass is 16.2. The first-order valence-electron chi connectivity index (χ1n) is 7.62. The van der Waals surface area contributed by atoms with Gasteiger partial charge >= 0.3 is 0 Å². The summed E-state index contributed by atoms with van der Waals surface area (Å²) in [5.74, 6) is 0.0510. The highest BCUT2D eigenvalue weighted by Crippen LogP contribution is 2.37. The maximum atomic E-state index is 12.9. The summed E-state index contributed by atoms with van der Waals surface area (Å²) in [6.07, 6.45) is 4.97. The number of nitrogens with two attached hydrogens (primary N) is 1. The summed E-state index contributed by atoms with van der Waals surface area (Å²) in [5, 5.41) is 9.04. The molecule has 0 atom stereocenters. The predicted octanol–water partition coefficient (Wildman–Crippen LogP) is 2.45. The summed E-state index contributed by atoms with van der Waals surface area (Å²) in [7, 11) is 0. The zero-order valence-electron chi connectivity index (χ0n) is 12.4. The third kappa shape index (κ3) is 3.62. The molecule has 1 amide bonds. The SMILES string of the molecule is N#CCN(Cc1ccccc1)C(=O)C1(CN)CCCCC1. The second-order valence-electron chi connectivity index (χ2n) is 5.85. The number of nitriles is 1. The smallest absolute Gasteiger partial charge is 0.231 e. The number of carbonyl (C=O) groups is 1. The van der Waals surface area contributed by atoms with Gasteiger partial charge in [0.2, 0.25) is 5.91 Å². The van der Waals surface area contributed by atoms with E-state index < -0.39 is 5.41 Å². The fourth-order valence-corrected chi connectivity index (χ4v) is 3.16. The standard InChI is InChI=1S/C17H23N3O/c18-11-12-20(13-15-7-3-1-4-8-15)16(21)17(14-19)9-5-2-6-10-17/h1,3-4,7-8H,2,5-6,9-10,12-14,19H2. The number of amides is 1. The summed E-state index contributed by atoms with van der Waals surface area (Å²) < 4.78 is 0. The van der Waals surface area contributed by atoms with Crippen LogP contribution >= 0.6 is 0 Å². The number of nitrogens with zero attached hydrogens (tertiary/aromatic N) is 2. The summed E-state index contributed by atoms with van der Waals surface area (Å²) in [6, 6.07) is 11.9. The molecule has 1 fully saturated rings. The molecular formula is C17H23N3O. The molecule has 0 radical (unpaired) electrons. The zero-order chi connectivity index (χ0) is 15.1. The van der Waals surface area contributed by atoms with Gasteiger partial charge in [-0.15, -0.1) is 0 Å². The molecule has 4 heteroatoms. The van der Waals surface area contributed by atoms with E-state index in [1.165, 1.54) is 6.42 Å². The number of benzene rings is 1. The normalized spacial score (nSPS) is 17.0. The number of rotatable bonds is 5. The molecule has 0 saturated heterocycles. The van der Waals surface area contributed by atoms with Crippen molar-refractivity contribution in [1.29, 1.82) is 5.26 Å². The molecule has 1 aliphatic rings. The maximum Gasteiger partial charge on any atom is 0.231 e. The first-order valence-corrected chi connectivity index (χ1v) is 7.62. The molecule has 1 aliphatic carbocycles. The first kappa shape index (κ1) is 15.5. The van der Waals surface area contributed by atoms with E-state index in [1.807, 2.05) is 30.3 Å². The van der Waals surface area contributed by atoms with Gasteiger partial charge < -0.3 is 10.6 Å². The van der Waals surface area contributed by atoms with Crippen LogP contribution in [0.25, 0.3) is 0 Å². The highest BCUT2D eigenvalue weighted by molar-refractivity contribution is 5.83. The van der Waals surface area contributed by atoms with Crippen molar-refractivity contribution in [2.45, 2.75) is 38.6 Å². The summed E-state index contributed by atoms with van der Waals surface area (Å²) in [5.41, 5.74) is 6.53. The summed E-state index contributed by atoms with van der Waals surface area (Å²) in [6.45, 7) is 0.979. The minimum Gasteiger partial charge on any atom is -0.329 e. The Balaban J connectivity index is 2.16. The molecule has 2 rings (SSSR count). The first-order chi connectivity index (χ1) is 10.2. The number of carbonyl (C=O) groups excluding carboxylic acids is 1. The molecule has 0 heterocycles. The lowest BCUT2D eigenvalue weighted by Crippen LogP contribution is -2.49. The molecule has 1 saturated carbocycles. The number of hydrogen-bond acceptors (Lipinski definition) is 3. The molecule has 0 bridgehead atoms. The Hall–Kier alpha value is -1.86. The lowest BCUT2D eigenvalue weighted by molar-refractivity contribution is -0.143. The highest BCUT2D eigenvalue weighted by Gasteiger charge is 2.40. The van der Waals surface area contributed by atoms with Gasteiger partial charge in [0.15, 0.2) is 0 Å².